The van der Waals surface area contributed by atoms with E-state index in [1.807, 2.05) is 30.3 Å². The van der Waals surface area contributed by atoms with Crippen LogP contribution in [0.25, 0.3) is 11.0 Å². The quantitative estimate of drug-likeness (QED) is 0.799. The third-order valence-corrected chi connectivity index (χ3v) is 3.32. The lowest BCUT2D eigenvalue weighted by molar-refractivity contribution is -0.118. The van der Waals surface area contributed by atoms with E-state index in [2.05, 4.69) is 15.3 Å². The predicted molar refractivity (Wildman–Crippen MR) is 89.6 cm³/mol. The molecule has 2 aromatic carbocycles. The summed E-state index contributed by atoms with van der Waals surface area (Å²) >= 11 is 0. The number of nitrogens with one attached hydrogen (secondary N) is 1. The zero-order valence-electron chi connectivity index (χ0n) is 13.0. The molecule has 3 aromatic rings. The Morgan fingerprint density at radius 3 is 2.67 bits per heavy atom. The van der Waals surface area contributed by atoms with E-state index in [4.69, 9.17) is 10.00 Å². The fourth-order valence-electron chi connectivity index (χ4n) is 2.21. The van der Waals surface area contributed by atoms with Crippen molar-refractivity contribution in [1.29, 1.82) is 5.26 Å². The molecule has 0 saturated heterocycles. The highest BCUT2D eigenvalue weighted by Gasteiger charge is 2.09. The van der Waals surface area contributed by atoms with Crippen LogP contribution < -0.4 is 10.1 Å². The van der Waals surface area contributed by atoms with Gasteiger partial charge in [0, 0.05) is 5.69 Å². The van der Waals surface area contributed by atoms with Crippen LogP contribution >= 0.6 is 0 Å². The van der Waals surface area contributed by atoms with Crippen LogP contribution in [-0.4, -0.2) is 22.5 Å². The Hall–Kier alpha value is -3.46. The predicted octanol–water partition coefficient (Wildman–Crippen LogP) is 2.83. The Morgan fingerprint density at radius 1 is 1.17 bits per heavy atom. The summed E-state index contributed by atoms with van der Waals surface area (Å²) in [4.78, 5) is 20.8. The number of fused-ring (bicyclic) bond motifs is 1. The molecule has 0 spiro atoms. The van der Waals surface area contributed by atoms with Gasteiger partial charge in [-0.2, -0.15) is 5.26 Å². The van der Waals surface area contributed by atoms with Gasteiger partial charge >= 0.3 is 0 Å². The molecule has 0 atom stereocenters. The second-order valence-electron chi connectivity index (χ2n) is 5.13. The Morgan fingerprint density at radius 2 is 1.92 bits per heavy atom. The molecule has 1 N–H and O–H groups in total. The molecule has 118 valence electrons. The minimum Gasteiger partial charge on any atom is -0.466 e. The van der Waals surface area contributed by atoms with Crippen LogP contribution in [-0.2, 0) is 4.79 Å². The van der Waals surface area contributed by atoms with Crippen molar-refractivity contribution in [3.63, 3.8) is 0 Å². The standard InChI is InChI=1S/C18H14N4O2/c1-12-18(22-16-8-3-2-7-15(16)20-12)24-11-17(23)21-14-6-4-5-13(9-14)10-19/h2-9H,11H2,1H3,(H,21,23). The van der Waals surface area contributed by atoms with Gasteiger partial charge < -0.3 is 10.1 Å². The maximum absolute atomic E-state index is 12.0. The zero-order chi connectivity index (χ0) is 16.9. The Labute approximate surface area is 138 Å². The summed E-state index contributed by atoms with van der Waals surface area (Å²) in [6, 6.07) is 16.2. The number of ether oxygens (including phenoxy) is 1. The number of hydrogen-bond acceptors (Lipinski definition) is 5. The first-order chi connectivity index (χ1) is 11.7. The Kier molecular flexibility index (Phi) is 4.34. The highest BCUT2D eigenvalue weighted by atomic mass is 16.5. The molecule has 1 heterocycles. The van der Waals surface area contributed by atoms with Gasteiger partial charge in [0.2, 0.25) is 5.88 Å². The van der Waals surface area contributed by atoms with Crippen molar-refractivity contribution in [3.05, 3.63) is 59.8 Å². The molecule has 0 radical (unpaired) electrons. The van der Waals surface area contributed by atoms with Gasteiger partial charge in [-0.15, -0.1) is 0 Å². The number of para-hydroxylation sites is 2. The summed E-state index contributed by atoms with van der Waals surface area (Å²) in [5.41, 5.74) is 3.13. The molecular weight excluding hydrogens is 304 g/mol. The fraction of sp³-hybridized carbons (Fsp3) is 0.111. The van der Waals surface area contributed by atoms with E-state index in [9.17, 15) is 4.79 Å². The topological polar surface area (TPSA) is 87.9 Å². The van der Waals surface area contributed by atoms with E-state index in [1.165, 1.54) is 0 Å². The van der Waals surface area contributed by atoms with Gasteiger partial charge in [-0.3, -0.25) is 4.79 Å². The molecule has 0 saturated carbocycles. The molecule has 0 aliphatic heterocycles. The first-order valence-corrected chi connectivity index (χ1v) is 7.32. The van der Waals surface area contributed by atoms with Crippen molar-refractivity contribution >= 4 is 22.6 Å². The molecule has 6 heteroatoms. The van der Waals surface area contributed by atoms with Crippen LogP contribution in [0.3, 0.4) is 0 Å². The van der Waals surface area contributed by atoms with Gasteiger partial charge in [-0.25, -0.2) is 9.97 Å². The zero-order valence-corrected chi connectivity index (χ0v) is 13.0. The monoisotopic (exact) mass is 318 g/mol. The number of hydrogen-bond donors (Lipinski definition) is 1. The summed E-state index contributed by atoms with van der Waals surface area (Å²) in [6.45, 7) is 1.59. The minimum absolute atomic E-state index is 0.190. The van der Waals surface area contributed by atoms with Crippen LogP contribution in [0.4, 0.5) is 5.69 Å². The summed E-state index contributed by atoms with van der Waals surface area (Å²) in [6.07, 6.45) is 0. The smallest absolute Gasteiger partial charge is 0.262 e. The van der Waals surface area contributed by atoms with Crippen molar-refractivity contribution in [1.82, 2.24) is 9.97 Å². The highest BCUT2D eigenvalue weighted by molar-refractivity contribution is 5.92. The number of nitrogens with zero attached hydrogens (tertiary/aromatic N) is 3. The van der Waals surface area contributed by atoms with E-state index in [0.717, 1.165) is 5.52 Å². The highest BCUT2D eigenvalue weighted by Crippen LogP contribution is 2.18. The number of anilines is 1. The van der Waals surface area contributed by atoms with Crippen molar-refractivity contribution in [2.75, 3.05) is 11.9 Å². The number of benzene rings is 2. The van der Waals surface area contributed by atoms with Gasteiger partial charge in [-0.1, -0.05) is 18.2 Å². The van der Waals surface area contributed by atoms with Crippen LogP contribution in [0.1, 0.15) is 11.3 Å². The first-order valence-electron chi connectivity index (χ1n) is 7.32. The summed E-state index contributed by atoms with van der Waals surface area (Å²) < 4.78 is 5.48. The van der Waals surface area contributed by atoms with Gasteiger partial charge in [-0.05, 0) is 37.3 Å². The molecule has 1 aromatic heterocycles. The van der Waals surface area contributed by atoms with E-state index >= 15 is 0 Å². The van der Waals surface area contributed by atoms with Crippen LogP contribution in [0.2, 0.25) is 0 Å². The van der Waals surface area contributed by atoms with Crippen molar-refractivity contribution in [2.45, 2.75) is 6.92 Å². The number of aryl methyl sites for hydroxylation is 1. The minimum atomic E-state index is -0.334. The molecule has 24 heavy (non-hydrogen) atoms. The molecule has 0 unspecified atom stereocenters. The average molecular weight is 318 g/mol. The molecule has 0 fully saturated rings. The van der Waals surface area contributed by atoms with Crippen molar-refractivity contribution < 1.29 is 9.53 Å². The van der Waals surface area contributed by atoms with E-state index in [0.29, 0.717) is 28.3 Å². The van der Waals surface area contributed by atoms with E-state index < -0.39 is 0 Å². The number of carbonyl (C=O) groups excluding carboxylic acids is 1. The SMILES string of the molecule is Cc1nc2ccccc2nc1OCC(=O)Nc1cccc(C#N)c1. The van der Waals surface area contributed by atoms with Crippen LogP contribution in [0.5, 0.6) is 5.88 Å². The average Bonchev–Trinajstić information content (AvgIpc) is 2.60. The van der Waals surface area contributed by atoms with E-state index in [1.54, 1.807) is 31.2 Å². The maximum Gasteiger partial charge on any atom is 0.262 e. The number of aromatic nitrogens is 2. The molecule has 1 amide bonds. The summed E-state index contributed by atoms with van der Waals surface area (Å²) in [5.74, 6) is -0.00549. The van der Waals surface area contributed by atoms with Crippen molar-refractivity contribution in [2.24, 2.45) is 0 Å². The summed E-state index contributed by atoms with van der Waals surface area (Å²) in [7, 11) is 0. The fourth-order valence-corrected chi connectivity index (χ4v) is 2.21. The normalized spacial score (nSPS) is 10.2. The molecule has 3 rings (SSSR count). The first kappa shape index (κ1) is 15.4. The largest absolute Gasteiger partial charge is 0.466 e. The van der Waals surface area contributed by atoms with E-state index in [-0.39, 0.29) is 12.5 Å². The molecule has 0 aliphatic rings. The molecular formula is C18H14N4O2. The van der Waals surface area contributed by atoms with Gasteiger partial charge in [0.1, 0.15) is 5.69 Å². The number of rotatable bonds is 4. The third-order valence-electron chi connectivity index (χ3n) is 3.32. The van der Waals surface area contributed by atoms with Crippen LogP contribution in [0, 0.1) is 18.3 Å². The third kappa shape index (κ3) is 3.47. The number of amides is 1. The lowest BCUT2D eigenvalue weighted by Crippen LogP contribution is -2.21. The Balaban J connectivity index is 1.68. The van der Waals surface area contributed by atoms with Gasteiger partial charge in [0.25, 0.3) is 5.91 Å². The molecule has 6 nitrogen and oxygen atoms in total. The molecule has 0 aliphatic carbocycles. The van der Waals surface area contributed by atoms with Crippen molar-refractivity contribution in [3.8, 4) is 11.9 Å². The number of nitriles is 1. The lowest BCUT2D eigenvalue weighted by atomic mass is 10.2. The Bertz CT molecular complexity index is 947. The van der Waals surface area contributed by atoms with Crippen LogP contribution in [0.15, 0.2) is 48.5 Å². The molecule has 0 bridgehead atoms. The second-order valence-corrected chi connectivity index (χ2v) is 5.13. The lowest BCUT2D eigenvalue weighted by Gasteiger charge is -2.09. The van der Waals surface area contributed by atoms with Gasteiger partial charge in [0.15, 0.2) is 6.61 Å². The number of carbonyl (C=O) groups is 1. The second kappa shape index (κ2) is 6.75. The summed E-state index contributed by atoms with van der Waals surface area (Å²) in [5, 5.41) is 11.5. The van der Waals surface area contributed by atoms with Gasteiger partial charge in [0.05, 0.1) is 22.7 Å². The maximum atomic E-state index is 12.0.